The van der Waals surface area contributed by atoms with Gasteiger partial charge >= 0.3 is 0 Å². The fourth-order valence-electron chi connectivity index (χ4n) is 2.53. The van der Waals surface area contributed by atoms with Crippen LogP contribution in [0.3, 0.4) is 0 Å². The van der Waals surface area contributed by atoms with Crippen LogP contribution in [0.2, 0.25) is 0 Å². The van der Waals surface area contributed by atoms with E-state index in [0.717, 1.165) is 30.4 Å². The zero-order valence-electron chi connectivity index (χ0n) is 16.9. The second kappa shape index (κ2) is 8.50. The van der Waals surface area contributed by atoms with Crippen LogP contribution in [-0.4, -0.2) is 17.2 Å². The molecule has 0 spiro atoms. The summed E-state index contributed by atoms with van der Waals surface area (Å²) in [5.41, 5.74) is 4.97. The minimum Gasteiger partial charge on any atom is -0.507 e. The van der Waals surface area contributed by atoms with Crippen molar-refractivity contribution in [3.8, 4) is 5.75 Å². The topological polar surface area (TPSA) is 61.7 Å². The smallest absolute Gasteiger partial charge is 0.240 e. The number of nitrogens with one attached hydrogen (secondary N) is 1. The molecular weight excluding hydrogens is 312 g/mol. The minimum atomic E-state index is -0.183. The molecule has 2 N–H and O–H groups in total. The number of hydrogen-bond donors (Lipinski definition) is 2. The van der Waals surface area contributed by atoms with Gasteiger partial charge in [0.1, 0.15) is 5.75 Å². The molecule has 0 atom stereocenters. The van der Waals surface area contributed by atoms with Crippen LogP contribution < -0.4 is 5.43 Å². The molecule has 1 aromatic carbocycles. The van der Waals surface area contributed by atoms with E-state index in [0.29, 0.717) is 12.0 Å². The Morgan fingerprint density at radius 3 is 2.28 bits per heavy atom. The summed E-state index contributed by atoms with van der Waals surface area (Å²) >= 11 is 0. The third kappa shape index (κ3) is 6.52. The zero-order chi connectivity index (χ0) is 19.3. The fourth-order valence-corrected chi connectivity index (χ4v) is 2.53. The highest BCUT2D eigenvalue weighted by atomic mass is 16.3. The van der Waals surface area contributed by atoms with Gasteiger partial charge in [-0.25, -0.2) is 5.43 Å². The molecule has 0 aliphatic rings. The lowest BCUT2D eigenvalue weighted by Gasteiger charge is -2.26. The first-order valence-corrected chi connectivity index (χ1v) is 9.16. The molecule has 1 rings (SSSR count). The first-order chi connectivity index (χ1) is 11.5. The van der Waals surface area contributed by atoms with Gasteiger partial charge < -0.3 is 5.11 Å². The highest BCUT2D eigenvalue weighted by Crippen LogP contribution is 2.36. The Morgan fingerprint density at radius 1 is 1.12 bits per heavy atom. The summed E-state index contributed by atoms with van der Waals surface area (Å²) in [5, 5.41) is 14.7. The largest absolute Gasteiger partial charge is 0.507 e. The second-order valence-electron chi connectivity index (χ2n) is 8.71. The Bertz CT molecular complexity index is 620. The van der Waals surface area contributed by atoms with E-state index in [-0.39, 0.29) is 22.5 Å². The van der Waals surface area contributed by atoms with Crippen LogP contribution in [-0.2, 0) is 15.6 Å². The van der Waals surface area contributed by atoms with Gasteiger partial charge in [0.15, 0.2) is 0 Å². The average molecular weight is 347 g/mol. The number of amides is 1. The van der Waals surface area contributed by atoms with Crippen molar-refractivity contribution in [2.24, 2.45) is 5.10 Å². The van der Waals surface area contributed by atoms with Gasteiger partial charge in [0.25, 0.3) is 0 Å². The number of hydrogen-bond acceptors (Lipinski definition) is 3. The van der Waals surface area contributed by atoms with E-state index in [1.807, 2.05) is 6.07 Å². The molecular formula is C21H34N2O2. The lowest BCUT2D eigenvalue weighted by Crippen LogP contribution is -2.19. The van der Waals surface area contributed by atoms with Crippen molar-refractivity contribution in [3.05, 3.63) is 28.8 Å². The Labute approximate surface area is 152 Å². The van der Waals surface area contributed by atoms with Gasteiger partial charge in [-0.15, -0.1) is 0 Å². The summed E-state index contributed by atoms with van der Waals surface area (Å²) in [7, 11) is 0. The number of carbonyl (C=O) groups excluding carboxylic acids is 1. The highest BCUT2D eigenvalue weighted by molar-refractivity contribution is 5.86. The van der Waals surface area contributed by atoms with E-state index in [9.17, 15) is 9.90 Å². The van der Waals surface area contributed by atoms with Gasteiger partial charge in [0.05, 0.1) is 6.21 Å². The quantitative estimate of drug-likeness (QED) is 0.432. The zero-order valence-corrected chi connectivity index (χ0v) is 16.9. The van der Waals surface area contributed by atoms with Gasteiger partial charge in [-0.05, 0) is 28.9 Å². The summed E-state index contributed by atoms with van der Waals surface area (Å²) in [4.78, 5) is 11.8. The number of aromatic hydroxyl groups is 1. The number of nitrogens with zero attached hydrogens (tertiary/aromatic N) is 1. The number of rotatable bonds is 6. The van der Waals surface area contributed by atoms with E-state index in [2.05, 4.69) is 65.1 Å². The number of phenolic OH excluding ortho intramolecular Hbond substituents is 1. The van der Waals surface area contributed by atoms with Gasteiger partial charge in [-0.3, -0.25) is 4.79 Å². The predicted octanol–water partition coefficient (Wildman–Crippen LogP) is 5.02. The minimum absolute atomic E-state index is 0.0420. The van der Waals surface area contributed by atoms with Crippen molar-refractivity contribution in [1.82, 2.24) is 5.43 Å². The van der Waals surface area contributed by atoms with E-state index >= 15 is 0 Å². The lowest BCUT2D eigenvalue weighted by atomic mass is 9.79. The monoisotopic (exact) mass is 346 g/mol. The van der Waals surface area contributed by atoms with Crippen LogP contribution in [0.15, 0.2) is 17.2 Å². The Balaban J connectivity index is 3.06. The van der Waals surface area contributed by atoms with Crippen LogP contribution in [0.5, 0.6) is 5.75 Å². The van der Waals surface area contributed by atoms with Crippen LogP contribution in [0.25, 0.3) is 0 Å². The summed E-state index contributed by atoms with van der Waals surface area (Å²) in [6.07, 6.45) is 5.01. The van der Waals surface area contributed by atoms with Crippen molar-refractivity contribution >= 4 is 12.1 Å². The predicted molar refractivity (Wildman–Crippen MR) is 105 cm³/mol. The summed E-state index contributed by atoms with van der Waals surface area (Å²) in [6, 6.07) is 4.01. The molecule has 0 aromatic heterocycles. The van der Waals surface area contributed by atoms with Crippen LogP contribution >= 0.6 is 0 Å². The number of benzene rings is 1. The molecule has 0 aliphatic carbocycles. The molecule has 140 valence electrons. The molecule has 0 heterocycles. The molecule has 0 unspecified atom stereocenters. The molecule has 4 heteroatoms. The number of unbranched alkanes of at least 4 members (excludes halogenated alkanes) is 2. The van der Waals surface area contributed by atoms with Gasteiger partial charge in [-0.1, -0.05) is 67.4 Å². The molecule has 4 nitrogen and oxygen atoms in total. The summed E-state index contributed by atoms with van der Waals surface area (Å²) in [6.45, 7) is 14.8. The van der Waals surface area contributed by atoms with Crippen LogP contribution in [0.1, 0.15) is 90.8 Å². The molecule has 0 aliphatic heterocycles. The van der Waals surface area contributed by atoms with E-state index in [4.69, 9.17) is 0 Å². The molecule has 1 amide bonds. The third-order valence-electron chi connectivity index (χ3n) is 4.21. The molecule has 0 fully saturated rings. The Kier molecular flexibility index (Phi) is 7.21. The fraction of sp³-hybridized carbons (Fsp3) is 0.619. The Morgan fingerprint density at radius 2 is 1.76 bits per heavy atom. The molecule has 0 bridgehead atoms. The van der Waals surface area contributed by atoms with Gasteiger partial charge in [0, 0.05) is 17.5 Å². The van der Waals surface area contributed by atoms with Crippen molar-refractivity contribution in [2.75, 3.05) is 0 Å². The van der Waals surface area contributed by atoms with Crippen LogP contribution in [0, 0.1) is 0 Å². The summed E-state index contributed by atoms with van der Waals surface area (Å²) in [5.74, 6) is 0.136. The van der Waals surface area contributed by atoms with Gasteiger partial charge in [0.2, 0.25) is 5.91 Å². The van der Waals surface area contributed by atoms with Crippen molar-refractivity contribution in [1.29, 1.82) is 0 Å². The molecule has 0 saturated heterocycles. The number of phenols is 1. The van der Waals surface area contributed by atoms with Crippen molar-refractivity contribution in [2.45, 2.75) is 85.0 Å². The van der Waals surface area contributed by atoms with Crippen LogP contribution in [0.4, 0.5) is 0 Å². The Hall–Kier alpha value is -1.84. The first kappa shape index (κ1) is 21.2. The second-order valence-corrected chi connectivity index (χ2v) is 8.71. The van der Waals surface area contributed by atoms with Crippen molar-refractivity contribution < 1.29 is 9.90 Å². The van der Waals surface area contributed by atoms with E-state index in [1.54, 1.807) is 0 Å². The standard InChI is InChI=1S/C21H34N2O2/c1-8-9-10-11-18(24)23-22-14-15-12-16(20(2,3)4)13-17(19(15)25)21(5,6)7/h12-14,25H,8-11H2,1-7H3,(H,23,24)/b22-14-. The number of hydrazone groups is 1. The normalized spacial score (nSPS) is 12.6. The molecule has 0 radical (unpaired) electrons. The van der Waals surface area contributed by atoms with Crippen molar-refractivity contribution in [3.63, 3.8) is 0 Å². The lowest BCUT2D eigenvalue weighted by molar-refractivity contribution is -0.121. The van der Waals surface area contributed by atoms with E-state index < -0.39 is 0 Å². The average Bonchev–Trinajstić information content (AvgIpc) is 2.46. The van der Waals surface area contributed by atoms with E-state index in [1.165, 1.54) is 6.21 Å². The van der Waals surface area contributed by atoms with Gasteiger partial charge in [-0.2, -0.15) is 5.10 Å². The maximum absolute atomic E-state index is 11.8. The summed E-state index contributed by atoms with van der Waals surface area (Å²) < 4.78 is 0. The molecule has 1 aromatic rings. The molecule has 0 saturated carbocycles. The number of carbonyl (C=O) groups is 1. The maximum Gasteiger partial charge on any atom is 0.240 e. The maximum atomic E-state index is 11.8. The molecule has 25 heavy (non-hydrogen) atoms. The first-order valence-electron chi connectivity index (χ1n) is 9.16. The SMILES string of the molecule is CCCCCC(=O)N/N=C\c1cc(C(C)(C)C)cc(C(C)(C)C)c1O. The highest BCUT2D eigenvalue weighted by Gasteiger charge is 2.24. The third-order valence-corrected chi connectivity index (χ3v) is 4.21.